The summed E-state index contributed by atoms with van der Waals surface area (Å²) in [5.41, 5.74) is 1.88. The smallest absolute Gasteiger partial charge is 0.409 e. The highest BCUT2D eigenvalue weighted by molar-refractivity contribution is 5.95. The second-order valence-electron chi connectivity index (χ2n) is 7.74. The highest BCUT2D eigenvalue weighted by Crippen LogP contribution is 2.22. The van der Waals surface area contributed by atoms with Gasteiger partial charge in [-0.25, -0.2) is 9.78 Å². The van der Waals surface area contributed by atoms with Crippen molar-refractivity contribution in [1.82, 2.24) is 20.1 Å². The highest BCUT2D eigenvalue weighted by Gasteiger charge is 2.27. The molecule has 0 spiro atoms. The van der Waals surface area contributed by atoms with Crippen molar-refractivity contribution >= 4 is 17.8 Å². The number of aromatic nitrogens is 1. The second-order valence-corrected chi connectivity index (χ2v) is 7.74. The van der Waals surface area contributed by atoms with E-state index in [9.17, 15) is 9.59 Å². The molecule has 2 saturated heterocycles. The van der Waals surface area contributed by atoms with Crippen molar-refractivity contribution in [3.63, 3.8) is 0 Å². The van der Waals surface area contributed by atoms with E-state index >= 15 is 0 Å². The minimum absolute atomic E-state index is 0.0260. The van der Waals surface area contributed by atoms with Gasteiger partial charge in [-0.15, -0.1) is 0 Å². The Kier molecular flexibility index (Phi) is 6.66. The average Bonchev–Trinajstić information content (AvgIpc) is 2.84. The molecule has 1 atom stereocenters. The van der Waals surface area contributed by atoms with E-state index in [1.165, 1.54) is 5.56 Å². The van der Waals surface area contributed by atoms with Crippen molar-refractivity contribution < 1.29 is 14.3 Å². The third kappa shape index (κ3) is 4.96. The lowest BCUT2D eigenvalue weighted by molar-refractivity contribution is 0.0570. The minimum atomic E-state index is -0.313. The number of hydrogen-bond acceptors (Lipinski definition) is 6. The predicted octanol–water partition coefficient (Wildman–Crippen LogP) is 2.15. The van der Waals surface area contributed by atoms with Gasteiger partial charge in [0, 0.05) is 63.6 Å². The van der Waals surface area contributed by atoms with Gasteiger partial charge in [-0.3, -0.25) is 4.79 Å². The molecule has 0 unspecified atom stereocenters. The van der Waals surface area contributed by atoms with Crippen LogP contribution >= 0.6 is 0 Å². The molecule has 2 amide bonds. The third-order valence-corrected chi connectivity index (χ3v) is 5.79. The molecule has 1 N–H and O–H groups in total. The van der Waals surface area contributed by atoms with Crippen LogP contribution in [0.2, 0.25) is 0 Å². The predicted molar refractivity (Wildman–Crippen MR) is 118 cm³/mol. The van der Waals surface area contributed by atoms with E-state index in [1.54, 1.807) is 29.0 Å². The summed E-state index contributed by atoms with van der Waals surface area (Å²) in [5, 5.41) is 3.56. The quantitative estimate of drug-likeness (QED) is 0.812. The zero-order valence-electron chi connectivity index (χ0n) is 17.9. The summed E-state index contributed by atoms with van der Waals surface area (Å²) in [7, 11) is 0. The van der Waals surface area contributed by atoms with Crippen molar-refractivity contribution in [3.05, 3.63) is 59.8 Å². The van der Waals surface area contributed by atoms with Crippen LogP contribution in [-0.2, 0) is 4.74 Å². The number of pyridine rings is 1. The van der Waals surface area contributed by atoms with Crippen LogP contribution in [0.3, 0.4) is 0 Å². The van der Waals surface area contributed by atoms with Crippen LogP contribution in [0.5, 0.6) is 0 Å². The number of anilines is 1. The fourth-order valence-electron chi connectivity index (χ4n) is 4.08. The monoisotopic (exact) mass is 423 g/mol. The molecule has 2 aromatic rings. The van der Waals surface area contributed by atoms with Crippen LogP contribution in [0, 0.1) is 0 Å². The third-order valence-electron chi connectivity index (χ3n) is 5.79. The Hall–Kier alpha value is -3.13. The van der Waals surface area contributed by atoms with E-state index in [0.717, 1.165) is 25.5 Å². The molecule has 31 heavy (non-hydrogen) atoms. The van der Waals surface area contributed by atoms with Gasteiger partial charge in [0.2, 0.25) is 0 Å². The van der Waals surface area contributed by atoms with Crippen molar-refractivity contribution in [2.75, 3.05) is 57.3 Å². The Morgan fingerprint density at radius 2 is 1.81 bits per heavy atom. The Bertz CT molecular complexity index is 899. The van der Waals surface area contributed by atoms with Crippen molar-refractivity contribution in [2.24, 2.45) is 0 Å². The number of nitrogens with one attached hydrogen (secondary N) is 1. The Balaban J connectivity index is 1.40. The topological polar surface area (TPSA) is 78.0 Å². The summed E-state index contributed by atoms with van der Waals surface area (Å²) < 4.78 is 5.05. The van der Waals surface area contributed by atoms with Gasteiger partial charge in [0.1, 0.15) is 5.82 Å². The lowest BCUT2D eigenvalue weighted by atomic mass is 10.0. The van der Waals surface area contributed by atoms with Crippen LogP contribution in [0.15, 0.2) is 48.7 Å². The number of nitrogens with zero attached hydrogens (tertiary/aromatic N) is 4. The zero-order valence-corrected chi connectivity index (χ0v) is 17.9. The first-order valence-corrected chi connectivity index (χ1v) is 10.9. The van der Waals surface area contributed by atoms with Gasteiger partial charge in [0.05, 0.1) is 6.61 Å². The van der Waals surface area contributed by atoms with Crippen LogP contribution in [0.4, 0.5) is 10.6 Å². The van der Waals surface area contributed by atoms with Crippen LogP contribution < -0.4 is 10.2 Å². The molecular weight excluding hydrogens is 394 g/mol. The first kappa shape index (κ1) is 21.1. The van der Waals surface area contributed by atoms with E-state index in [-0.39, 0.29) is 18.0 Å². The van der Waals surface area contributed by atoms with Crippen molar-refractivity contribution in [1.29, 1.82) is 0 Å². The first-order valence-electron chi connectivity index (χ1n) is 10.9. The Labute approximate surface area is 182 Å². The number of ether oxygens (including phenoxy) is 1. The molecule has 2 aliphatic rings. The van der Waals surface area contributed by atoms with Gasteiger partial charge in [-0.1, -0.05) is 30.3 Å². The molecule has 164 valence electrons. The highest BCUT2D eigenvalue weighted by atomic mass is 16.6. The standard InChI is InChI=1S/C23H29N5O3/c1-2-31-23(30)27-14-12-26(13-15-27)22(29)19-8-9-25-21(16-19)28-11-10-24-20(17-28)18-6-4-3-5-7-18/h3-9,16,20,24H,2,10-15,17H2,1H3/t20-/m1/s1. The maximum Gasteiger partial charge on any atom is 0.409 e. The Morgan fingerprint density at radius 3 is 2.55 bits per heavy atom. The van der Waals surface area contributed by atoms with Gasteiger partial charge < -0.3 is 24.8 Å². The lowest BCUT2D eigenvalue weighted by Gasteiger charge is -2.35. The summed E-state index contributed by atoms with van der Waals surface area (Å²) >= 11 is 0. The molecule has 4 rings (SSSR count). The molecule has 8 heteroatoms. The van der Waals surface area contributed by atoms with Crippen molar-refractivity contribution in [2.45, 2.75) is 13.0 Å². The number of rotatable bonds is 4. The zero-order chi connectivity index (χ0) is 21.6. The molecule has 3 heterocycles. The molecule has 0 aliphatic carbocycles. The fraction of sp³-hybridized carbons (Fsp3) is 0.435. The number of benzene rings is 1. The summed E-state index contributed by atoms with van der Waals surface area (Å²) in [6.45, 7) is 6.61. The van der Waals surface area contributed by atoms with Gasteiger partial charge in [-0.2, -0.15) is 0 Å². The average molecular weight is 424 g/mol. The summed E-state index contributed by atoms with van der Waals surface area (Å²) in [5.74, 6) is 0.792. The number of carbonyl (C=O) groups excluding carboxylic acids is 2. The summed E-state index contributed by atoms with van der Waals surface area (Å²) in [4.78, 5) is 35.1. The maximum atomic E-state index is 13.1. The van der Waals surface area contributed by atoms with E-state index in [4.69, 9.17) is 4.74 Å². The van der Waals surface area contributed by atoms with Crippen LogP contribution in [0.25, 0.3) is 0 Å². The lowest BCUT2D eigenvalue weighted by Crippen LogP contribution is -2.50. The SMILES string of the molecule is CCOC(=O)N1CCN(C(=O)c2ccnc(N3CCN[C@@H](c4ccccc4)C3)c2)CC1. The molecule has 2 aliphatic heterocycles. The number of carbonyl (C=O) groups is 2. The van der Waals surface area contributed by atoms with Gasteiger partial charge in [0.25, 0.3) is 5.91 Å². The first-order chi connectivity index (χ1) is 15.2. The molecule has 0 bridgehead atoms. The van der Waals surface area contributed by atoms with Gasteiger partial charge >= 0.3 is 6.09 Å². The molecule has 0 saturated carbocycles. The molecule has 8 nitrogen and oxygen atoms in total. The van der Waals surface area contributed by atoms with Crippen LogP contribution in [-0.4, -0.2) is 79.2 Å². The molecule has 1 aromatic carbocycles. The number of hydrogen-bond donors (Lipinski definition) is 1. The summed E-state index contributed by atoms with van der Waals surface area (Å²) in [6.07, 6.45) is 1.39. The molecular formula is C23H29N5O3. The minimum Gasteiger partial charge on any atom is -0.450 e. The second kappa shape index (κ2) is 9.78. The van der Waals surface area contributed by atoms with E-state index < -0.39 is 0 Å². The van der Waals surface area contributed by atoms with E-state index in [0.29, 0.717) is 38.3 Å². The Morgan fingerprint density at radius 1 is 1.06 bits per heavy atom. The van der Waals surface area contributed by atoms with E-state index in [1.807, 2.05) is 12.1 Å². The van der Waals surface area contributed by atoms with E-state index in [2.05, 4.69) is 39.5 Å². The number of amides is 2. The van der Waals surface area contributed by atoms with Crippen LogP contribution in [0.1, 0.15) is 28.9 Å². The van der Waals surface area contributed by atoms with Crippen molar-refractivity contribution in [3.8, 4) is 0 Å². The molecule has 2 fully saturated rings. The molecule has 0 radical (unpaired) electrons. The normalized spacial score (nSPS) is 19.3. The maximum absolute atomic E-state index is 13.1. The molecule has 1 aromatic heterocycles. The largest absolute Gasteiger partial charge is 0.450 e. The summed E-state index contributed by atoms with van der Waals surface area (Å²) in [6, 6.07) is 14.3. The van der Waals surface area contributed by atoms with Gasteiger partial charge in [-0.05, 0) is 24.6 Å². The fourth-order valence-corrected chi connectivity index (χ4v) is 4.08. The van der Waals surface area contributed by atoms with Gasteiger partial charge in [0.15, 0.2) is 0 Å². The number of piperazine rings is 2.